The van der Waals surface area contributed by atoms with Gasteiger partial charge in [0.05, 0.1) is 13.2 Å². The van der Waals surface area contributed by atoms with E-state index in [9.17, 15) is 8.42 Å². The molecule has 2 aromatic carbocycles. The maximum absolute atomic E-state index is 12.4. The van der Waals surface area contributed by atoms with E-state index in [-0.39, 0.29) is 10.6 Å². The molecule has 3 aromatic rings. The number of rotatable bonds is 5. The van der Waals surface area contributed by atoms with Gasteiger partial charge in [0.2, 0.25) is 0 Å². The summed E-state index contributed by atoms with van der Waals surface area (Å²) in [6.45, 7) is 4.63. The lowest BCUT2D eigenvalue weighted by Crippen LogP contribution is -2.37. The Kier molecular flexibility index (Phi) is 5.90. The van der Waals surface area contributed by atoms with E-state index in [0.29, 0.717) is 29.8 Å². The Morgan fingerprint density at radius 2 is 1.67 bits per heavy atom. The van der Waals surface area contributed by atoms with Crippen LogP contribution in [0.15, 0.2) is 59.5 Å². The van der Waals surface area contributed by atoms with Crippen LogP contribution in [0.3, 0.4) is 0 Å². The molecule has 1 aliphatic heterocycles. The highest BCUT2D eigenvalue weighted by Gasteiger charge is 2.20. The van der Waals surface area contributed by atoms with Crippen molar-refractivity contribution in [3.8, 4) is 17.1 Å². The molecular formula is C21H20ClN3O4S. The van der Waals surface area contributed by atoms with E-state index >= 15 is 0 Å². The number of anilines is 1. The van der Waals surface area contributed by atoms with Crippen molar-refractivity contribution >= 4 is 27.5 Å². The Labute approximate surface area is 180 Å². The molecule has 1 saturated heterocycles. The molecule has 30 heavy (non-hydrogen) atoms. The van der Waals surface area contributed by atoms with Crippen LogP contribution >= 0.6 is 11.6 Å². The third kappa shape index (κ3) is 4.40. The standard InChI is InChI=1S/C21H20ClN3O4S/c1-15-19(22)23-20(24-21(15)25-11-13-28-14-12-25)16-7-9-17(10-8-16)29-30(26,27)18-5-3-2-4-6-18/h2-10H,11-14H2,1H3. The summed E-state index contributed by atoms with van der Waals surface area (Å²) in [5, 5.41) is 0.383. The van der Waals surface area contributed by atoms with Crippen LogP contribution in [-0.2, 0) is 14.9 Å². The van der Waals surface area contributed by atoms with Gasteiger partial charge in [-0.25, -0.2) is 9.97 Å². The topological polar surface area (TPSA) is 81.6 Å². The van der Waals surface area contributed by atoms with Crippen molar-refractivity contribution in [2.45, 2.75) is 11.8 Å². The molecule has 0 radical (unpaired) electrons. The number of benzene rings is 2. The summed E-state index contributed by atoms with van der Waals surface area (Å²) in [5.74, 6) is 1.44. The first-order chi connectivity index (χ1) is 14.4. The molecule has 4 rings (SSSR count). The van der Waals surface area contributed by atoms with Gasteiger partial charge in [-0.05, 0) is 43.3 Å². The molecule has 0 aliphatic carbocycles. The molecule has 0 unspecified atom stereocenters. The van der Waals surface area contributed by atoms with Crippen LogP contribution in [0.2, 0.25) is 5.15 Å². The van der Waals surface area contributed by atoms with E-state index in [1.807, 2.05) is 6.92 Å². The smallest absolute Gasteiger partial charge is 0.339 e. The number of morpholine rings is 1. The van der Waals surface area contributed by atoms with Gasteiger partial charge in [0.25, 0.3) is 0 Å². The second-order valence-corrected chi connectivity index (χ2v) is 8.67. The van der Waals surface area contributed by atoms with Crippen molar-refractivity contribution in [3.05, 3.63) is 65.3 Å². The van der Waals surface area contributed by atoms with Crippen molar-refractivity contribution in [3.63, 3.8) is 0 Å². The molecule has 1 aliphatic rings. The van der Waals surface area contributed by atoms with Gasteiger partial charge in [-0.15, -0.1) is 0 Å². The fourth-order valence-corrected chi connectivity index (χ4v) is 4.23. The fourth-order valence-electron chi connectivity index (χ4n) is 3.11. The van der Waals surface area contributed by atoms with E-state index in [1.54, 1.807) is 42.5 Å². The monoisotopic (exact) mass is 445 g/mol. The molecule has 1 fully saturated rings. The SMILES string of the molecule is Cc1c(Cl)nc(-c2ccc(OS(=O)(=O)c3ccccc3)cc2)nc1N1CCOCC1. The van der Waals surface area contributed by atoms with Crippen molar-refractivity contribution in [2.75, 3.05) is 31.2 Å². The lowest BCUT2D eigenvalue weighted by atomic mass is 10.2. The maximum atomic E-state index is 12.4. The molecule has 7 nitrogen and oxygen atoms in total. The van der Waals surface area contributed by atoms with Crippen LogP contribution in [0.4, 0.5) is 5.82 Å². The number of aromatic nitrogens is 2. The van der Waals surface area contributed by atoms with Gasteiger partial charge in [0.15, 0.2) is 5.82 Å². The quantitative estimate of drug-likeness (QED) is 0.437. The maximum Gasteiger partial charge on any atom is 0.339 e. The molecule has 0 N–H and O–H groups in total. The predicted molar refractivity (Wildman–Crippen MR) is 115 cm³/mol. The zero-order valence-corrected chi connectivity index (χ0v) is 17.9. The first-order valence-electron chi connectivity index (χ1n) is 9.41. The van der Waals surface area contributed by atoms with Gasteiger partial charge < -0.3 is 13.8 Å². The average molecular weight is 446 g/mol. The minimum atomic E-state index is -3.90. The van der Waals surface area contributed by atoms with Crippen LogP contribution < -0.4 is 9.08 Å². The van der Waals surface area contributed by atoms with E-state index in [4.69, 9.17) is 25.5 Å². The second kappa shape index (κ2) is 8.59. The Hall–Kier alpha value is -2.68. The zero-order valence-electron chi connectivity index (χ0n) is 16.3. The van der Waals surface area contributed by atoms with Crippen molar-refractivity contribution in [1.29, 1.82) is 0 Å². The Morgan fingerprint density at radius 1 is 1.00 bits per heavy atom. The van der Waals surface area contributed by atoms with Crippen LogP contribution in [0.1, 0.15) is 5.56 Å². The van der Waals surface area contributed by atoms with Gasteiger partial charge in [0.1, 0.15) is 21.6 Å². The molecule has 2 heterocycles. The summed E-state index contributed by atoms with van der Waals surface area (Å²) in [6.07, 6.45) is 0. The third-order valence-corrected chi connectivity index (χ3v) is 6.35. The molecule has 1 aromatic heterocycles. The summed E-state index contributed by atoms with van der Waals surface area (Å²) in [5.41, 5.74) is 1.52. The summed E-state index contributed by atoms with van der Waals surface area (Å²) in [6, 6.07) is 14.6. The molecule has 0 atom stereocenters. The van der Waals surface area contributed by atoms with Gasteiger partial charge >= 0.3 is 10.1 Å². The summed E-state index contributed by atoms with van der Waals surface area (Å²) < 4.78 is 35.4. The van der Waals surface area contributed by atoms with Crippen molar-refractivity contribution in [2.24, 2.45) is 0 Å². The molecule has 9 heteroatoms. The van der Waals surface area contributed by atoms with Crippen LogP contribution in [0.5, 0.6) is 5.75 Å². The van der Waals surface area contributed by atoms with Gasteiger partial charge in [0, 0.05) is 24.2 Å². The van der Waals surface area contributed by atoms with E-state index in [2.05, 4.69) is 9.88 Å². The highest BCUT2D eigenvalue weighted by molar-refractivity contribution is 7.87. The van der Waals surface area contributed by atoms with Crippen LogP contribution in [0.25, 0.3) is 11.4 Å². The fraction of sp³-hybridized carbons (Fsp3) is 0.238. The Morgan fingerprint density at radius 3 is 2.33 bits per heavy atom. The van der Waals surface area contributed by atoms with Gasteiger partial charge in [-0.2, -0.15) is 8.42 Å². The first-order valence-corrected chi connectivity index (χ1v) is 11.2. The van der Waals surface area contributed by atoms with Crippen molar-refractivity contribution < 1.29 is 17.3 Å². The Balaban J connectivity index is 1.59. The van der Waals surface area contributed by atoms with Gasteiger partial charge in [-0.1, -0.05) is 29.8 Å². The summed E-state index contributed by atoms with van der Waals surface area (Å²) >= 11 is 6.36. The van der Waals surface area contributed by atoms with E-state index in [1.165, 1.54) is 12.1 Å². The highest BCUT2D eigenvalue weighted by Crippen LogP contribution is 2.29. The van der Waals surface area contributed by atoms with Crippen LogP contribution in [-0.4, -0.2) is 44.7 Å². The molecular weight excluding hydrogens is 426 g/mol. The number of halogens is 1. The number of hydrogen-bond acceptors (Lipinski definition) is 7. The zero-order chi connectivity index (χ0) is 21.1. The molecule has 156 valence electrons. The number of hydrogen-bond donors (Lipinski definition) is 0. The second-order valence-electron chi connectivity index (χ2n) is 6.76. The minimum Gasteiger partial charge on any atom is -0.379 e. The first kappa shape index (κ1) is 20.6. The number of ether oxygens (including phenoxy) is 1. The average Bonchev–Trinajstić information content (AvgIpc) is 2.77. The van der Waals surface area contributed by atoms with E-state index in [0.717, 1.165) is 24.5 Å². The normalized spacial score (nSPS) is 14.5. The van der Waals surface area contributed by atoms with Crippen LogP contribution in [0, 0.1) is 6.92 Å². The lowest BCUT2D eigenvalue weighted by Gasteiger charge is -2.29. The molecule has 0 spiro atoms. The summed E-state index contributed by atoms with van der Waals surface area (Å²) in [7, 11) is -3.90. The van der Waals surface area contributed by atoms with Crippen molar-refractivity contribution in [1.82, 2.24) is 9.97 Å². The predicted octanol–water partition coefficient (Wildman–Crippen LogP) is 3.71. The number of nitrogens with zero attached hydrogens (tertiary/aromatic N) is 3. The minimum absolute atomic E-state index is 0.0953. The molecule has 0 saturated carbocycles. The largest absolute Gasteiger partial charge is 0.379 e. The van der Waals surface area contributed by atoms with E-state index < -0.39 is 10.1 Å². The van der Waals surface area contributed by atoms with Gasteiger partial charge in [-0.3, -0.25) is 0 Å². The molecule has 0 bridgehead atoms. The summed E-state index contributed by atoms with van der Waals surface area (Å²) in [4.78, 5) is 11.3. The lowest BCUT2D eigenvalue weighted by molar-refractivity contribution is 0.122. The third-order valence-electron chi connectivity index (χ3n) is 4.72. The Bertz CT molecular complexity index is 1130. The highest BCUT2D eigenvalue weighted by atomic mass is 35.5. The molecule has 0 amide bonds.